The van der Waals surface area contributed by atoms with Gasteiger partial charge in [0.05, 0.1) is 11.2 Å². The molecule has 0 saturated carbocycles. The van der Waals surface area contributed by atoms with Crippen LogP contribution in [0.5, 0.6) is 0 Å². The van der Waals surface area contributed by atoms with E-state index >= 15 is 0 Å². The maximum absolute atomic E-state index is 13.4. The minimum atomic E-state index is -0.464. The summed E-state index contributed by atoms with van der Waals surface area (Å²) in [5, 5.41) is 4.47. The molecule has 4 rings (SSSR count). The maximum atomic E-state index is 13.4. The molecule has 3 aromatic rings. The molecule has 0 radical (unpaired) electrons. The van der Waals surface area contributed by atoms with Gasteiger partial charge in [-0.1, -0.05) is 36.4 Å². The summed E-state index contributed by atoms with van der Waals surface area (Å²) in [5.74, 6) is -0.683. The van der Waals surface area contributed by atoms with E-state index in [1.807, 2.05) is 58.0 Å². The van der Waals surface area contributed by atoms with Crippen molar-refractivity contribution < 1.29 is 18.5 Å². The number of fused-ring (bicyclic) bond motifs is 1. The molecule has 29 heavy (non-hydrogen) atoms. The lowest BCUT2D eigenvalue weighted by atomic mass is 9.78. The van der Waals surface area contributed by atoms with Crippen molar-refractivity contribution in [2.45, 2.75) is 38.9 Å². The molecule has 1 aliphatic rings. The second-order valence-electron chi connectivity index (χ2n) is 8.34. The number of hydrogen-bond acceptors (Lipinski definition) is 3. The first kappa shape index (κ1) is 19.6. The molecular formula is C23H23BFNO3. The molecule has 148 valence electrons. The first-order valence-electron chi connectivity index (χ1n) is 9.61. The second kappa shape index (κ2) is 6.97. The smallest absolute Gasteiger partial charge is 0.399 e. The van der Waals surface area contributed by atoms with E-state index in [1.165, 1.54) is 12.1 Å². The highest BCUT2D eigenvalue weighted by atomic mass is 19.1. The van der Waals surface area contributed by atoms with Crippen molar-refractivity contribution in [3.05, 3.63) is 72.0 Å². The highest BCUT2D eigenvalue weighted by molar-refractivity contribution is 6.62. The fourth-order valence-electron chi connectivity index (χ4n) is 3.39. The number of carbonyl (C=O) groups excluding carboxylic acids is 1. The number of amides is 1. The molecule has 1 amide bonds. The molecule has 0 bridgehead atoms. The van der Waals surface area contributed by atoms with Gasteiger partial charge in [-0.3, -0.25) is 4.79 Å². The van der Waals surface area contributed by atoms with Crippen LogP contribution in [0.3, 0.4) is 0 Å². The van der Waals surface area contributed by atoms with Crippen LogP contribution in [0.2, 0.25) is 0 Å². The van der Waals surface area contributed by atoms with Gasteiger partial charge in [0.2, 0.25) is 0 Å². The minimum Gasteiger partial charge on any atom is -0.399 e. The molecule has 1 fully saturated rings. The largest absolute Gasteiger partial charge is 0.494 e. The summed E-state index contributed by atoms with van der Waals surface area (Å²) >= 11 is 0. The Hall–Kier alpha value is -2.70. The van der Waals surface area contributed by atoms with E-state index < -0.39 is 24.1 Å². The third-order valence-corrected chi connectivity index (χ3v) is 5.76. The van der Waals surface area contributed by atoms with Crippen LogP contribution in [-0.4, -0.2) is 24.2 Å². The number of nitrogens with one attached hydrogen (secondary N) is 1. The third kappa shape index (κ3) is 3.66. The lowest BCUT2D eigenvalue weighted by Gasteiger charge is -2.32. The molecule has 0 aromatic heterocycles. The summed E-state index contributed by atoms with van der Waals surface area (Å²) in [4.78, 5) is 12.8. The zero-order valence-corrected chi connectivity index (χ0v) is 17.0. The van der Waals surface area contributed by atoms with E-state index in [9.17, 15) is 9.18 Å². The molecule has 6 heteroatoms. The van der Waals surface area contributed by atoms with E-state index in [-0.39, 0.29) is 5.91 Å². The predicted molar refractivity (Wildman–Crippen MR) is 114 cm³/mol. The highest BCUT2D eigenvalue weighted by Gasteiger charge is 2.51. The van der Waals surface area contributed by atoms with Gasteiger partial charge in [0.15, 0.2) is 0 Å². The Labute approximate surface area is 170 Å². The predicted octanol–water partition coefficient (Wildman–Crippen LogP) is 4.53. The molecular weight excluding hydrogens is 368 g/mol. The molecule has 1 N–H and O–H groups in total. The average molecular weight is 391 g/mol. The first-order chi connectivity index (χ1) is 13.7. The van der Waals surface area contributed by atoms with Crippen molar-refractivity contribution in [1.29, 1.82) is 0 Å². The van der Waals surface area contributed by atoms with Gasteiger partial charge in [-0.15, -0.1) is 0 Å². The highest BCUT2D eigenvalue weighted by Crippen LogP contribution is 2.36. The van der Waals surface area contributed by atoms with Crippen molar-refractivity contribution >= 4 is 34.9 Å². The summed E-state index contributed by atoms with van der Waals surface area (Å²) in [7, 11) is -0.464. The van der Waals surface area contributed by atoms with E-state index in [0.717, 1.165) is 16.2 Å². The molecule has 0 aliphatic carbocycles. The summed E-state index contributed by atoms with van der Waals surface area (Å²) in [5.41, 5.74) is 1.01. The molecule has 1 saturated heterocycles. The average Bonchev–Trinajstić information content (AvgIpc) is 2.88. The zero-order chi connectivity index (χ0) is 20.8. The Balaban J connectivity index is 1.64. The second-order valence-corrected chi connectivity index (χ2v) is 8.34. The SMILES string of the molecule is CC1(C)OB(c2ccc3c(C(=O)Nc4cccc(F)c4)cccc3c2)OC1(C)C. The Morgan fingerprint density at radius 2 is 1.62 bits per heavy atom. The lowest BCUT2D eigenvalue weighted by Crippen LogP contribution is -2.41. The summed E-state index contributed by atoms with van der Waals surface area (Å²) < 4.78 is 25.7. The maximum Gasteiger partial charge on any atom is 0.494 e. The normalized spacial score (nSPS) is 17.5. The van der Waals surface area contributed by atoms with E-state index in [4.69, 9.17) is 9.31 Å². The zero-order valence-electron chi connectivity index (χ0n) is 17.0. The Kier molecular flexibility index (Phi) is 4.72. The topological polar surface area (TPSA) is 47.6 Å². The number of hydrogen-bond donors (Lipinski definition) is 1. The molecule has 3 aromatic carbocycles. The van der Waals surface area contributed by atoms with Gasteiger partial charge < -0.3 is 14.6 Å². The molecule has 4 nitrogen and oxygen atoms in total. The Morgan fingerprint density at radius 3 is 2.31 bits per heavy atom. The number of halogens is 1. The number of rotatable bonds is 3. The van der Waals surface area contributed by atoms with Crippen LogP contribution in [0.4, 0.5) is 10.1 Å². The van der Waals surface area contributed by atoms with Gasteiger partial charge in [-0.25, -0.2) is 4.39 Å². The summed E-state index contributed by atoms with van der Waals surface area (Å²) in [6, 6.07) is 17.2. The molecule has 1 heterocycles. The van der Waals surface area contributed by atoms with Crippen LogP contribution in [0.25, 0.3) is 10.8 Å². The van der Waals surface area contributed by atoms with Crippen LogP contribution in [0.1, 0.15) is 38.1 Å². The third-order valence-electron chi connectivity index (χ3n) is 5.76. The first-order valence-corrected chi connectivity index (χ1v) is 9.61. The monoisotopic (exact) mass is 391 g/mol. The molecule has 0 atom stereocenters. The van der Waals surface area contributed by atoms with Gasteiger partial charge in [-0.2, -0.15) is 0 Å². The van der Waals surface area contributed by atoms with Gasteiger partial charge in [0.25, 0.3) is 5.91 Å². The van der Waals surface area contributed by atoms with Crippen LogP contribution < -0.4 is 10.8 Å². The molecule has 1 aliphatic heterocycles. The quantitative estimate of drug-likeness (QED) is 0.668. The van der Waals surface area contributed by atoms with Gasteiger partial charge in [0.1, 0.15) is 5.82 Å². The fraction of sp³-hybridized carbons (Fsp3) is 0.261. The van der Waals surface area contributed by atoms with E-state index in [0.29, 0.717) is 11.3 Å². The van der Waals surface area contributed by atoms with Crippen molar-refractivity contribution in [3.63, 3.8) is 0 Å². The summed E-state index contributed by atoms with van der Waals surface area (Å²) in [6.07, 6.45) is 0. The molecule has 0 unspecified atom stereocenters. The van der Waals surface area contributed by atoms with Crippen molar-refractivity contribution in [2.75, 3.05) is 5.32 Å². The Bertz CT molecular complexity index is 1080. The van der Waals surface area contributed by atoms with Crippen LogP contribution in [-0.2, 0) is 9.31 Å². The van der Waals surface area contributed by atoms with Crippen molar-refractivity contribution in [1.82, 2.24) is 0 Å². The van der Waals surface area contributed by atoms with Gasteiger partial charge in [0, 0.05) is 11.3 Å². The number of anilines is 1. The fourth-order valence-corrected chi connectivity index (χ4v) is 3.39. The van der Waals surface area contributed by atoms with Crippen molar-refractivity contribution in [2.24, 2.45) is 0 Å². The van der Waals surface area contributed by atoms with E-state index in [1.54, 1.807) is 18.2 Å². The minimum absolute atomic E-state index is 0.287. The number of benzene rings is 3. The number of carbonyl (C=O) groups is 1. The Morgan fingerprint density at radius 1 is 0.931 bits per heavy atom. The van der Waals surface area contributed by atoms with E-state index in [2.05, 4.69) is 5.32 Å². The molecule has 0 spiro atoms. The van der Waals surface area contributed by atoms with Crippen LogP contribution in [0.15, 0.2) is 60.7 Å². The standard InChI is InChI=1S/C23H23BFNO3/c1-22(2)23(3,4)29-24(28-22)16-11-12-19-15(13-16)7-5-10-20(19)21(27)26-18-9-6-8-17(25)14-18/h5-14H,1-4H3,(H,26,27). The lowest BCUT2D eigenvalue weighted by molar-refractivity contribution is 0.00578. The van der Waals surface area contributed by atoms with Gasteiger partial charge >= 0.3 is 7.12 Å². The van der Waals surface area contributed by atoms with Crippen molar-refractivity contribution in [3.8, 4) is 0 Å². The van der Waals surface area contributed by atoms with Crippen LogP contribution >= 0.6 is 0 Å². The van der Waals surface area contributed by atoms with Gasteiger partial charge in [-0.05, 0) is 68.2 Å². The van der Waals surface area contributed by atoms with Crippen LogP contribution in [0, 0.1) is 5.82 Å². The summed E-state index contributed by atoms with van der Waals surface area (Å²) in [6.45, 7) is 8.07.